The average Bonchev–Trinajstić information content (AvgIpc) is 1.96. The van der Waals surface area contributed by atoms with E-state index in [1.165, 1.54) is 0 Å². The van der Waals surface area contributed by atoms with Crippen molar-refractivity contribution >= 4 is 0 Å². The third kappa shape index (κ3) is 9.66. The summed E-state index contributed by atoms with van der Waals surface area (Å²) in [6, 6.07) is 0.578. The van der Waals surface area contributed by atoms with Crippen LogP contribution in [0.2, 0.25) is 0 Å². The van der Waals surface area contributed by atoms with Crippen LogP contribution in [0.5, 0.6) is 0 Å². The van der Waals surface area contributed by atoms with Gasteiger partial charge in [-0.05, 0) is 13.0 Å². The Morgan fingerprint density at radius 3 is 2.82 bits per heavy atom. The second-order valence-corrected chi connectivity index (χ2v) is 2.83. The van der Waals surface area contributed by atoms with Gasteiger partial charge in [0.1, 0.15) is 0 Å². The van der Waals surface area contributed by atoms with Gasteiger partial charge in [-0.15, -0.1) is 6.58 Å². The molecule has 0 saturated heterocycles. The Bertz CT molecular complexity index is 91.6. The van der Waals surface area contributed by atoms with Gasteiger partial charge in [-0.25, -0.2) is 0 Å². The van der Waals surface area contributed by atoms with Gasteiger partial charge in [0.15, 0.2) is 0 Å². The molecule has 0 aromatic carbocycles. The monoisotopic (exact) mass is 157 g/mol. The smallest absolute Gasteiger partial charge is 0.0644 e. The van der Waals surface area contributed by atoms with Crippen LogP contribution in [0.1, 0.15) is 20.3 Å². The molecule has 0 radical (unpaired) electrons. The number of rotatable bonds is 7. The summed E-state index contributed by atoms with van der Waals surface area (Å²) in [5, 5.41) is 3.32. The zero-order valence-electron chi connectivity index (χ0n) is 7.60. The van der Waals surface area contributed by atoms with Crippen LogP contribution in [-0.4, -0.2) is 25.8 Å². The Labute approximate surface area is 69.6 Å². The second kappa shape index (κ2) is 7.76. The molecule has 0 unspecified atom stereocenters. The third-order valence-electron chi connectivity index (χ3n) is 1.25. The average molecular weight is 157 g/mol. The molecule has 0 saturated carbocycles. The first kappa shape index (κ1) is 10.7. The SMILES string of the molecule is C=CCOCCCNC(C)C. The molecule has 11 heavy (non-hydrogen) atoms. The highest BCUT2D eigenvalue weighted by Crippen LogP contribution is 1.83. The van der Waals surface area contributed by atoms with Crippen LogP contribution in [0.25, 0.3) is 0 Å². The molecule has 0 aliphatic carbocycles. The zero-order valence-corrected chi connectivity index (χ0v) is 7.60. The highest BCUT2D eigenvalue weighted by molar-refractivity contribution is 4.63. The number of nitrogens with one attached hydrogen (secondary N) is 1. The summed E-state index contributed by atoms with van der Waals surface area (Å²) in [5.74, 6) is 0. The molecule has 0 aliphatic heterocycles. The lowest BCUT2D eigenvalue weighted by atomic mass is 10.3. The van der Waals surface area contributed by atoms with Crippen molar-refractivity contribution in [3.8, 4) is 0 Å². The van der Waals surface area contributed by atoms with Crippen molar-refractivity contribution in [3.05, 3.63) is 12.7 Å². The molecule has 0 rings (SSSR count). The van der Waals surface area contributed by atoms with E-state index in [9.17, 15) is 0 Å². The molecular formula is C9H19NO. The van der Waals surface area contributed by atoms with Gasteiger partial charge in [-0.3, -0.25) is 0 Å². The second-order valence-electron chi connectivity index (χ2n) is 2.83. The molecule has 0 heterocycles. The highest BCUT2D eigenvalue weighted by atomic mass is 16.5. The molecule has 1 N–H and O–H groups in total. The third-order valence-corrected chi connectivity index (χ3v) is 1.25. The van der Waals surface area contributed by atoms with Gasteiger partial charge < -0.3 is 10.1 Å². The molecule has 0 bridgehead atoms. The fourth-order valence-corrected chi connectivity index (χ4v) is 0.732. The van der Waals surface area contributed by atoms with Gasteiger partial charge in [-0.1, -0.05) is 19.9 Å². The number of ether oxygens (including phenoxy) is 1. The molecule has 0 fully saturated rings. The molecule has 2 heteroatoms. The molecule has 2 nitrogen and oxygen atoms in total. The van der Waals surface area contributed by atoms with Crippen LogP contribution in [0.3, 0.4) is 0 Å². The van der Waals surface area contributed by atoms with E-state index in [-0.39, 0.29) is 0 Å². The Morgan fingerprint density at radius 2 is 2.27 bits per heavy atom. The quantitative estimate of drug-likeness (QED) is 0.447. The van der Waals surface area contributed by atoms with E-state index >= 15 is 0 Å². The van der Waals surface area contributed by atoms with E-state index < -0.39 is 0 Å². The van der Waals surface area contributed by atoms with E-state index in [0.29, 0.717) is 12.6 Å². The first-order chi connectivity index (χ1) is 5.27. The van der Waals surface area contributed by atoms with E-state index in [4.69, 9.17) is 4.74 Å². The predicted molar refractivity (Wildman–Crippen MR) is 48.8 cm³/mol. The van der Waals surface area contributed by atoms with Gasteiger partial charge in [0.2, 0.25) is 0 Å². The lowest BCUT2D eigenvalue weighted by Crippen LogP contribution is -2.24. The molecule has 0 amide bonds. The first-order valence-electron chi connectivity index (χ1n) is 4.19. The van der Waals surface area contributed by atoms with Crippen molar-refractivity contribution in [1.29, 1.82) is 0 Å². The molecule has 0 aromatic heterocycles. The van der Waals surface area contributed by atoms with E-state index in [0.717, 1.165) is 19.6 Å². The lowest BCUT2D eigenvalue weighted by molar-refractivity contribution is 0.159. The molecule has 0 spiro atoms. The van der Waals surface area contributed by atoms with Gasteiger partial charge in [0.05, 0.1) is 6.61 Å². The maximum absolute atomic E-state index is 5.21. The highest BCUT2D eigenvalue weighted by Gasteiger charge is 1.90. The summed E-state index contributed by atoms with van der Waals surface area (Å²) in [7, 11) is 0. The van der Waals surface area contributed by atoms with Crippen LogP contribution >= 0.6 is 0 Å². The Morgan fingerprint density at radius 1 is 1.55 bits per heavy atom. The zero-order chi connectivity index (χ0) is 8.53. The minimum absolute atomic E-state index is 0.578. The fourth-order valence-electron chi connectivity index (χ4n) is 0.732. The summed E-state index contributed by atoms with van der Waals surface area (Å²) in [5.41, 5.74) is 0. The Hall–Kier alpha value is -0.340. The van der Waals surface area contributed by atoms with Crippen molar-refractivity contribution in [3.63, 3.8) is 0 Å². The molecule has 66 valence electrons. The van der Waals surface area contributed by atoms with Gasteiger partial charge in [-0.2, -0.15) is 0 Å². The largest absolute Gasteiger partial charge is 0.377 e. The van der Waals surface area contributed by atoms with Gasteiger partial charge in [0.25, 0.3) is 0 Å². The van der Waals surface area contributed by atoms with E-state index in [1.54, 1.807) is 6.08 Å². The summed E-state index contributed by atoms with van der Waals surface area (Å²) in [6.45, 7) is 10.4. The van der Waals surface area contributed by atoms with Gasteiger partial charge >= 0.3 is 0 Å². The number of hydrogen-bond acceptors (Lipinski definition) is 2. The summed E-state index contributed by atoms with van der Waals surface area (Å²) >= 11 is 0. The fraction of sp³-hybridized carbons (Fsp3) is 0.778. The normalized spacial score (nSPS) is 10.5. The van der Waals surface area contributed by atoms with Crippen LogP contribution in [0.15, 0.2) is 12.7 Å². The Kier molecular flexibility index (Phi) is 7.52. The topological polar surface area (TPSA) is 21.3 Å². The van der Waals surface area contributed by atoms with Crippen molar-refractivity contribution in [2.75, 3.05) is 19.8 Å². The summed E-state index contributed by atoms with van der Waals surface area (Å²) in [4.78, 5) is 0. The van der Waals surface area contributed by atoms with Crippen LogP contribution in [0, 0.1) is 0 Å². The van der Waals surface area contributed by atoms with Crippen molar-refractivity contribution in [1.82, 2.24) is 5.32 Å². The van der Waals surface area contributed by atoms with E-state index in [2.05, 4.69) is 25.7 Å². The summed E-state index contributed by atoms with van der Waals surface area (Å²) < 4.78 is 5.21. The molecule has 0 atom stereocenters. The maximum atomic E-state index is 5.21. The minimum Gasteiger partial charge on any atom is -0.377 e. The summed E-state index contributed by atoms with van der Waals surface area (Å²) in [6.07, 6.45) is 2.85. The Balaban J connectivity index is 2.85. The lowest BCUT2D eigenvalue weighted by Gasteiger charge is -2.06. The maximum Gasteiger partial charge on any atom is 0.0644 e. The van der Waals surface area contributed by atoms with Crippen molar-refractivity contribution in [2.24, 2.45) is 0 Å². The molecular weight excluding hydrogens is 138 g/mol. The van der Waals surface area contributed by atoms with Crippen molar-refractivity contribution < 1.29 is 4.74 Å². The molecule has 0 aliphatic rings. The standard InChI is InChI=1S/C9H19NO/c1-4-7-11-8-5-6-10-9(2)3/h4,9-10H,1,5-8H2,2-3H3. The van der Waals surface area contributed by atoms with Crippen LogP contribution in [0.4, 0.5) is 0 Å². The van der Waals surface area contributed by atoms with E-state index in [1.807, 2.05) is 0 Å². The first-order valence-corrected chi connectivity index (χ1v) is 4.19. The van der Waals surface area contributed by atoms with Gasteiger partial charge in [0, 0.05) is 12.6 Å². The predicted octanol–water partition coefficient (Wildman–Crippen LogP) is 1.58. The molecule has 0 aromatic rings. The minimum atomic E-state index is 0.578. The van der Waals surface area contributed by atoms with Crippen LogP contribution in [-0.2, 0) is 4.74 Å². The van der Waals surface area contributed by atoms with Crippen molar-refractivity contribution in [2.45, 2.75) is 26.3 Å². The van der Waals surface area contributed by atoms with Crippen LogP contribution < -0.4 is 5.32 Å². The number of hydrogen-bond donors (Lipinski definition) is 1.